The Balaban J connectivity index is 1.37. The lowest BCUT2D eigenvalue weighted by Gasteiger charge is -2.15. The van der Waals surface area contributed by atoms with Crippen molar-refractivity contribution in [2.45, 2.75) is 0 Å². The molecule has 2 heterocycles. The van der Waals surface area contributed by atoms with Gasteiger partial charge in [0, 0.05) is 33.3 Å². The minimum absolute atomic E-state index is 0.641. The number of fused-ring (bicyclic) bond motifs is 1. The van der Waals surface area contributed by atoms with Crippen LogP contribution in [0.5, 0.6) is 0 Å². The Morgan fingerprint density at radius 1 is 0.583 bits per heavy atom. The van der Waals surface area contributed by atoms with Crippen LogP contribution >= 0.6 is 0 Å². The predicted octanol–water partition coefficient (Wildman–Crippen LogP) is 9.05. The molecule has 0 saturated heterocycles. The highest BCUT2D eigenvalue weighted by Gasteiger charge is 2.17. The molecule has 0 spiro atoms. The van der Waals surface area contributed by atoms with Gasteiger partial charge < -0.3 is 9.40 Å². The Bertz CT molecular complexity index is 2010. The molecule has 8 rings (SSSR count). The van der Waals surface area contributed by atoms with Gasteiger partial charge in [0.2, 0.25) is 5.89 Å². The average Bonchev–Trinajstić information content (AvgIpc) is 3.60. The van der Waals surface area contributed by atoms with Crippen molar-refractivity contribution >= 4 is 43.2 Å². The number of rotatable bonds is 3. The first-order chi connectivity index (χ1) is 17.8. The Morgan fingerprint density at radius 2 is 1.25 bits per heavy atom. The first kappa shape index (κ1) is 19.4. The van der Waals surface area contributed by atoms with E-state index in [1.807, 2.05) is 36.5 Å². The second-order valence-electron chi connectivity index (χ2n) is 9.31. The zero-order valence-corrected chi connectivity index (χ0v) is 19.3. The second-order valence-corrected chi connectivity index (χ2v) is 9.31. The number of aromatic nitrogens is 2. The van der Waals surface area contributed by atoms with E-state index in [0.29, 0.717) is 5.89 Å². The van der Waals surface area contributed by atoms with Crippen LogP contribution in [-0.2, 0) is 0 Å². The lowest BCUT2D eigenvalue weighted by atomic mass is 9.89. The standard InChI is InChI=1S/C33H20N2O/c1-2-6-20(7-3-1)30-19-34-33(36-30)27-17-13-22-11-15-25-24(29-18-23-8-4-5-9-28(23)35-29)14-10-21-12-16-26(27)32(22)31(21)25/h1-19,35H. The SMILES string of the molecule is c1ccc(-c2cnc(-c3ccc4ccc5c(-c6cc7ccccc7[nH]6)ccc6ccc3c4c65)o2)cc1. The Kier molecular flexibility index (Phi) is 3.94. The van der Waals surface area contributed by atoms with Crippen LogP contribution in [0.15, 0.2) is 120 Å². The summed E-state index contributed by atoms with van der Waals surface area (Å²) in [5.41, 5.74) is 5.53. The Labute approximate surface area is 207 Å². The fraction of sp³-hybridized carbons (Fsp3) is 0. The summed E-state index contributed by atoms with van der Waals surface area (Å²) in [4.78, 5) is 8.28. The molecule has 0 bridgehead atoms. The van der Waals surface area contributed by atoms with Gasteiger partial charge in [-0.15, -0.1) is 0 Å². The smallest absolute Gasteiger partial charge is 0.227 e. The number of oxazole rings is 1. The summed E-state index contributed by atoms with van der Waals surface area (Å²) in [6.45, 7) is 0. The molecule has 0 radical (unpaired) electrons. The highest BCUT2D eigenvalue weighted by molar-refractivity contribution is 6.27. The van der Waals surface area contributed by atoms with Gasteiger partial charge in [-0.1, -0.05) is 91.0 Å². The minimum atomic E-state index is 0.641. The Morgan fingerprint density at radius 3 is 2.03 bits per heavy atom. The number of nitrogens with zero attached hydrogens (tertiary/aromatic N) is 1. The Hall–Kier alpha value is -4.89. The van der Waals surface area contributed by atoms with E-state index in [2.05, 4.69) is 88.8 Å². The van der Waals surface area contributed by atoms with Crippen molar-refractivity contribution in [1.29, 1.82) is 0 Å². The van der Waals surface area contributed by atoms with Crippen LogP contribution in [0.25, 0.3) is 77.3 Å². The molecule has 0 atom stereocenters. The maximum atomic E-state index is 6.26. The van der Waals surface area contributed by atoms with Gasteiger partial charge in [0.1, 0.15) is 0 Å². The molecule has 0 aliphatic rings. The molecule has 8 aromatic rings. The van der Waals surface area contributed by atoms with Crippen molar-refractivity contribution in [3.63, 3.8) is 0 Å². The van der Waals surface area contributed by atoms with E-state index in [0.717, 1.165) is 33.5 Å². The molecule has 0 aliphatic carbocycles. The van der Waals surface area contributed by atoms with Gasteiger partial charge in [0.15, 0.2) is 5.76 Å². The normalized spacial score (nSPS) is 11.9. The molecular weight excluding hydrogens is 440 g/mol. The third-order valence-corrected chi connectivity index (χ3v) is 7.28. The fourth-order valence-corrected chi connectivity index (χ4v) is 5.58. The van der Waals surface area contributed by atoms with Gasteiger partial charge in [0.25, 0.3) is 0 Å². The van der Waals surface area contributed by atoms with E-state index in [1.165, 1.54) is 37.9 Å². The third kappa shape index (κ3) is 2.77. The second kappa shape index (κ2) is 7.30. The van der Waals surface area contributed by atoms with Crippen molar-refractivity contribution in [2.75, 3.05) is 0 Å². The van der Waals surface area contributed by atoms with Gasteiger partial charge in [-0.2, -0.15) is 0 Å². The number of hydrogen-bond acceptors (Lipinski definition) is 2. The number of aromatic amines is 1. The first-order valence-electron chi connectivity index (χ1n) is 12.1. The van der Waals surface area contributed by atoms with Crippen LogP contribution in [0.4, 0.5) is 0 Å². The average molecular weight is 461 g/mol. The molecule has 0 amide bonds. The number of benzene rings is 6. The zero-order chi connectivity index (χ0) is 23.6. The number of para-hydroxylation sites is 1. The largest absolute Gasteiger partial charge is 0.436 e. The van der Waals surface area contributed by atoms with Crippen molar-refractivity contribution in [2.24, 2.45) is 0 Å². The molecule has 0 fully saturated rings. The van der Waals surface area contributed by atoms with Crippen molar-refractivity contribution in [1.82, 2.24) is 9.97 Å². The maximum Gasteiger partial charge on any atom is 0.227 e. The van der Waals surface area contributed by atoms with Gasteiger partial charge >= 0.3 is 0 Å². The number of H-pyrrole nitrogens is 1. The predicted molar refractivity (Wildman–Crippen MR) is 148 cm³/mol. The van der Waals surface area contributed by atoms with Gasteiger partial charge in [-0.05, 0) is 50.5 Å². The summed E-state index contributed by atoms with van der Waals surface area (Å²) in [6, 6.07) is 38.4. The lowest BCUT2D eigenvalue weighted by Crippen LogP contribution is -1.89. The lowest BCUT2D eigenvalue weighted by molar-refractivity contribution is 0.589. The van der Waals surface area contributed by atoms with E-state index in [4.69, 9.17) is 4.42 Å². The summed E-state index contributed by atoms with van der Waals surface area (Å²) in [7, 11) is 0. The van der Waals surface area contributed by atoms with Gasteiger partial charge in [-0.3, -0.25) is 0 Å². The summed E-state index contributed by atoms with van der Waals surface area (Å²) >= 11 is 0. The summed E-state index contributed by atoms with van der Waals surface area (Å²) < 4.78 is 6.26. The summed E-state index contributed by atoms with van der Waals surface area (Å²) in [5.74, 6) is 1.42. The van der Waals surface area contributed by atoms with Gasteiger partial charge in [-0.25, -0.2) is 4.98 Å². The number of hydrogen-bond donors (Lipinski definition) is 1. The van der Waals surface area contributed by atoms with Crippen LogP contribution in [0.1, 0.15) is 0 Å². The zero-order valence-electron chi connectivity index (χ0n) is 19.3. The van der Waals surface area contributed by atoms with E-state index >= 15 is 0 Å². The quantitative estimate of drug-likeness (QED) is 0.267. The van der Waals surface area contributed by atoms with E-state index in [-0.39, 0.29) is 0 Å². The van der Waals surface area contributed by atoms with Crippen LogP contribution in [0.3, 0.4) is 0 Å². The van der Waals surface area contributed by atoms with Crippen LogP contribution < -0.4 is 0 Å². The molecule has 1 N–H and O–H groups in total. The third-order valence-electron chi connectivity index (χ3n) is 7.28. The molecule has 0 saturated carbocycles. The minimum Gasteiger partial charge on any atom is -0.436 e. The van der Waals surface area contributed by atoms with Crippen LogP contribution in [0.2, 0.25) is 0 Å². The monoisotopic (exact) mass is 460 g/mol. The molecule has 2 aromatic heterocycles. The number of nitrogens with one attached hydrogen (secondary N) is 1. The van der Waals surface area contributed by atoms with E-state index in [9.17, 15) is 0 Å². The van der Waals surface area contributed by atoms with E-state index in [1.54, 1.807) is 0 Å². The van der Waals surface area contributed by atoms with Crippen molar-refractivity contribution < 1.29 is 4.42 Å². The highest BCUT2D eigenvalue weighted by Crippen LogP contribution is 2.42. The topological polar surface area (TPSA) is 41.8 Å². The molecule has 0 unspecified atom stereocenters. The molecule has 0 aliphatic heterocycles. The molecule has 168 valence electrons. The molecule has 3 heteroatoms. The summed E-state index contributed by atoms with van der Waals surface area (Å²) in [6.07, 6.45) is 1.82. The molecule has 3 nitrogen and oxygen atoms in total. The fourth-order valence-electron chi connectivity index (χ4n) is 5.58. The highest BCUT2D eigenvalue weighted by atomic mass is 16.4. The summed E-state index contributed by atoms with van der Waals surface area (Å²) in [5, 5.41) is 8.59. The van der Waals surface area contributed by atoms with Crippen molar-refractivity contribution in [3.05, 3.63) is 115 Å². The molecule has 6 aromatic carbocycles. The first-order valence-corrected chi connectivity index (χ1v) is 12.1. The van der Waals surface area contributed by atoms with E-state index < -0.39 is 0 Å². The molecular formula is C33H20N2O. The van der Waals surface area contributed by atoms with Gasteiger partial charge in [0.05, 0.1) is 6.20 Å². The maximum absolute atomic E-state index is 6.26. The van der Waals surface area contributed by atoms with Crippen LogP contribution in [-0.4, -0.2) is 9.97 Å². The molecule has 36 heavy (non-hydrogen) atoms. The van der Waals surface area contributed by atoms with Crippen LogP contribution in [0, 0.1) is 0 Å². The van der Waals surface area contributed by atoms with Crippen molar-refractivity contribution in [3.8, 4) is 34.0 Å².